The van der Waals surface area contributed by atoms with Crippen molar-refractivity contribution in [3.8, 4) is 17.1 Å². The molecule has 0 radical (unpaired) electrons. The summed E-state index contributed by atoms with van der Waals surface area (Å²) in [6.45, 7) is 4.09. The normalized spacial score (nSPS) is 14.7. The first kappa shape index (κ1) is 19.8. The van der Waals surface area contributed by atoms with Gasteiger partial charge in [0, 0.05) is 11.6 Å². The van der Waals surface area contributed by atoms with Gasteiger partial charge in [-0.15, -0.1) is 5.10 Å². The van der Waals surface area contributed by atoms with Gasteiger partial charge in [-0.1, -0.05) is 12.1 Å². The van der Waals surface area contributed by atoms with E-state index in [0.29, 0.717) is 35.5 Å². The molecule has 7 heteroatoms. The molecule has 3 aromatic rings. The van der Waals surface area contributed by atoms with Gasteiger partial charge in [0.2, 0.25) is 4.77 Å². The van der Waals surface area contributed by atoms with Gasteiger partial charge < -0.3 is 9.64 Å². The predicted molar refractivity (Wildman–Crippen MR) is 113 cm³/mol. The van der Waals surface area contributed by atoms with Crippen molar-refractivity contribution in [3.05, 3.63) is 64.7 Å². The third kappa shape index (κ3) is 4.41. The van der Waals surface area contributed by atoms with Crippen LogP contribution in [0, 0.1) is 10.6 Å². The Hall–Kier alpha value is -2.51. The van der Waals surface area contributed by atoms with Crippen molar-refractivity contribution in [2.24, 2.45) is 0 Å². The van der Waals surface area contributed by atoms with Crippen LogP contribution in [0.15, 0.2) is 48.5 Å². The first-order chi connectivity index (χ1) is 14.1. The van der Waals surface area contributed by atoms with E-state index in [0.717, 1.165) is 25.1 Å². The molecule has 5 nitrogen and oxygen atoms in total. The first-order valence-corrected chi connectivity index (χ1v) is 10.4. The minimum atomic E-state index is -0.267. The molecular weight excluding hydrogens is 387 g/mol. The molecule has 1 N–H and O–H groups in total. The number of hydrogen-bond acceptors (Lipinski definition) is 3. The van der Waals surface area contributed by atoms with E-state index < -0.39 is 0 Å². The van der Waals surface area contributed by atoms with Crippen LogP contribution in [0.25, 0.3) is 11.4 Å². The van der Waals surface area contributed by atoms with Crippen molar-refractivity contribution in [2.45, 2.75) is 39.0 Å². The van der Waals surface area contributed by atoms with Crippen molar-refractivity contribution >= 4 is 12.2 Å². The second kappa shape index (κ2) is 8.47. The summed E-state index contributed by atoms with van der Waals surface area (Å²) in [5.74, 6) is 1.25. The van der Waals surface area contributed by atoms with Gasteiger partial charge in [-0.25, -0.2) is 4.39 Å². The highest BCUT2D eigenvalue weighted by Gasteiger charge is 2.30. The lowest BCUT2D eigenvalue weighted by atomic mass is 10.2. The van der Waals surface area contributed by atoms with Crippen LogP contribution in [-0.2, 0) is 13.2 Å². The van der Waals surface area contributed by atoms with E-state index in [-0.39, 0.29) is 5.82 Å². The van der Waals surface area contributed by atoms with Gasteiger partial charge in [0.05, 0.1) is 19.2 Å². The molecule has 4 rings (SSSR count). The van der Waals surface area contributed by atoms with Gasteiger partial charge >= 0.3 is 0 Å². The minimum absolute atomic E-state index is 0.267. The molecule has 1 aliphatic rings. The third-order valence-electron chi connectivity index (χ3n) is 5.06. The molecule has 152 valence electrons. The molecule has 1 atom stereocenters. The first-order valence-electron chi connectivity index (χ1n) is 10.0. The second-order valence-corrected chi connectivity index (χ2v) is 7.92. The number of nitrogens with zero attached hydrogens (tertiary/aromatic N) is 3. The van der Waals surface area contributed by atoms with E-state index in [1.807, 2.05) is 34.4 Å². The third-order valence-corrected chi connectivity index (χ3v) is 5.46. The average Bonchev–Trinajstić information content (AvgIpc) is 3.49. The Morgan fingerprint density at radius 2 is 1.90 bits per heavy atom. The predicted octanol–water partition coefficient (Wildman–Crippen LogP) is 3.63. The van der Waals surface area contributed by atoms with Gasteiger partial charge in [0.1, 0.15) is 18.1 Å². The van der Waals surface area contributed by atoms with E-state index in [2.05, 4.69) is 19.2 Å². The lowest BCUT2D eigenvalue weighted by Crippen LogP contribution is -3.07. The zero-order valence-electron chi connectivity index (χ0n) is 16.8. The minimum Gasteiger partial charge on any atom is -0.494 e. The average molecular weight is 414 g/mol. The maximum atomic E-state index is 14.4. The molecule has 29 heavy (non-hydrogen) atoms. The fourth-order valence-corrected chi connectivity index (χ4v) is 3.88. The lowest BCUT2D eigenvalue weighted by molar-refractivity contribution is -0.917. The van der Waals surface area contributed by atoms with Crippen LogP contribution in [0.3, 0.4) is 0 Å². The monoisotopic (exact) mass is 413 g/mol. The number of rotatable bonds is 8. The SMILES string of the molecule is CCOc1ccc(C[NH+](C)Cn2nc(-c3ccccc3F)n(C3CC3)c2=S)cc1. The van der Waals surface area contributed by atoms with E-state index in [4.69, 9.17) is 22.1 Å². The Balaban J connectivity index is 1.55. The van der Waals surface area contributed by atoms with Crippen LogP contribution < -0.4 is 9.64 Å². The Bertz CT molecular complexity index is 1040. The standard InChI is InChI=1S/C22H25FN4OS/c1-3-28-18-12-8-16(9-13-18)14-25(2)15-26-22(29)27(17-10-11-17)21(24-26)19-6-4-5-7-20(19)23/h4-9,12-13,17H,3,10-11,14-15H2,1-2H3/p+1. The number of halogens is 1. The summed E-state index contributed by atoms with van der Waals surface area (Å²) in [4.78, 5) is 1.24. The molecule has 1 unspecified atom stereocenters. The molecule has 0 amide bonds. The van der Waals surface area contributed by atoms with E-state index in [1.54, 1.807) is 12.1 Å². The number of nitrogens with one attached hydrogen (secondary N) is 1. The second-order valence-electron chi connectivity index (χ2n) is 7.56. The summed E-state index contributed by atoms with van der Waals surface area (Å²) >= 11 is 5.71. The van der Waals surface area contributed by atoms with Crippen LogP contribution in [0.2, 0.25) is 0 Å². The molecule has 1 saturated carbocycles. The van der Waals surface area contributed by atoms with Crippen molar-refractivity contribution in [1.29, 1.82) is 0 Å². The molecule has 0 spiro atoms. The Labute approximate surface area is 175 Å². The molecule has 0 bridgehead atoms. The van der Waals surface area contributed by atoms with Crippen LogP contribution in [-0.4, -0.2) is 28.0 Å². The highest BCUT2D eigenvalue weighted by atomic mass is 32.1. The van der Waals surface area contributed by atoms with Gasteiger partial charge in [0.25, 0.3) is 0 Å². The van der Waals surface area contributed by atoms with Crippen molar-refractivity contribution < 1.29 is 14.0 Å². The number of aromatic nitrogens is 3. The number of hydrogen-bond donors (Lipinski definition) is 1. The number of benzene rings is 2. The summed E-state index contributed by atoms with van der Waals surface area (Å²) in [5.41, 5.74) is 1.72. The Morgan fingerprint density at radius 3 is 2.55 bits per heavy atom. The molecule has 1 heterocycles. The quantitative estimate of drug-likeness (QED) is 0.573. The molecule has 2 aromatic carbocycles. The number of quaternary nitrogens is 1. The highest BCUT2D eigenvalue weighted by molar-refractivity contribution is 7.71. The zero-order chi connectivity index (χ0) is 20.4. The Morgan fingerprint density at radius 1 is 1.17 bits per heavy atom. The van der Waals surface area contributed by atoms with E-state index in [1.165, 1.54) is 16.5 Å². The summed E-state index contributed by atoms with van der Waals surface area (Å²) in [7, 11) is 2.11. The fourth-order valence-electron chi connectivity index (χ4n) is 3.54. The topological polar surface area (TPSA) is 36.4 Å². The smallest absolute Gasteiger partial charge is 0.203 e. The summed E-state index contributed by atoms with van der Waals surface area (Å²) < 4.78 is 24.4. The summed E-state index contributed by atoms with van der Waals surface area (Å²) in [5, 5.41) is 4.72. The van der Waals surface area contributed by atoms with Crippen molar-refractivity contribution in [2.75, 3.05) is 13.7 Å². The maximum absolute atomic E-state index is 14.4. The maximum Gasteiger partial charge on any atom is 0.203 e. The van der Waals surface area contributed by atoms with Crippen LogP contribution in [0.1, 0.15) is 31.4 Å². The van der Waals surface area contributed by atoms with E-state index in [9.17, 15) is 4.39 Å². The molecule has 0 aliphatic heterocycles. The number of ether oxygens (including phenoxy) is 1. The largest absolute Gasteiger partial charge is 0.494 e. The highest BCUT2D eigenvalue weighted by Crippen LogP contribution is 2.38. The van der Waals surface area contributed by atoms with Crippen LogP contribution >= 0.6 is 12.2 Å². The fraction of sp³-hybridized carbons (Fsp3) is 0.364. The summed E-state index contributed by atoms with van der Waals surface area (Å²) in [6, 6.07) is 15.3. The summed E-state index contributed by atoms with van der Waals surface area (Å²) in [6.07, 6.45) is 2.13. The van der Waals surface area contributed by atoms with Gasteiger partial charge in [0.15, 0.2) is 12.5 Å². The van der Waals surface area contributed by atoms with E-state index >= 15 is 0 Å². The molecule has 0 saturated heterocycles. The molecule has 1 fully saturated rings. The van der Waals surface area contributed by atoms with Crippen molar-refractivity contribution in [1.82, 2.24) is 14.3 Å². The van der Waals surface area contributed by atoms with Crippen LogP contribution in [0.4, 0.5) is 4.39 Å². The van der Waals surface area contributed by atoms with Gasteiger partial charge in [-0.2, -0.15) is 4.68 Å². The molecular formula is C22H26FN4OS+. The zero-order valence-corrected chi connectivity index (χ0v) is 17.6. The molecule has 1 aromatic heterocycles. The molecule has 1 aliphatic carbocycles. The lowest BCUT2D eigenvalue weighted by Gasteiger charge is -2.14. The van der Waals surface area contributed by atoms with Gasteiger partial charge in [-0.3, -0.25) is 4.57 Å². The van der Waals surface area contributed by atoms with Crippen LogP contribution in [0.5, 0.6) is 5.75 Å². The van der Waals surface area contributed by atoms with Gasteiger partial charge in [-0.05, 0) is 68.4 Å². The Kier molecular flexibility index (Phi) is 5.78. The van der Waals surface area contributed by atoms with Crippen molar-refractivity contribution in [3.63, 3.8) is 0 Å².